The molecule has 2 fully saturated rings. The molecule has 3 N–H and O–H groups in total. The molecular weight excluding hydrogens is 300 g/mol. The molecule has 0 aromatic heterocycles. The standard InChI is InChI=1S/C17H26N2O2.ClH/c1-2-21-16-11-15(20)17(16)6-8-19(9-7-17)12-13-4-3-5-14(18)10-13;/h3-5,10,15-16,20H,2,6-9,11-12,18H2,1H3;1H. The van der Waals surface area contributed by atoms with Gasteiger partial charge < -0.3 is 15.6 Å². The Morgan fingerprint density at radius 1 is 1.36 bits per heavy atom. The van der Waals surface area contributed by atoms with Gasteiger partial charge in [0, 0.05) is 30.7 Å². The van der Waals surface area contributed by atoms with Crippen molar-refractivity contribution in [2.45, 2.75) is 44.9 Å². The monoisotopic (exact) mass is 326 g/mol. The summed E-state index contributed by atoms with van der Waals surface area (Å²) in [5, 5.41) is 10.2. The number of aliphatic hydroxyl groups is 1. The number of ether oxygens (including phenoxy) is 1. The van der Waals surface area contributed by atoms with E-state index in [0.29, 0.717) is 0 Å². The zero-order valence-electron chi connectivity index (χ0n) is 13.2. The van der Waals surface area contributed by atoms with E-state index in [2.05, 4.69) is 11.0 Å². The van der Waals surface area contributed by atoms with E-state index in [1.807, 2.05) is 25.1 Å². The van der Waals surface area contributed by atoms with E-state index in [4.69, 9.17) is 10.5 Å². The fraction of sp³-hybridized carbons (Fsp3) is 0.647. The van der Waals surface area contributed by atoms with E-state index in [-0.39, 0.29) is 30.0 Å². The average molecular weight is 327 g/mol. The van der Waals surface area contributed by atoms with Crippen molar-refractivity contribution in [1.29, 1.82) is 0 Å². The number of aliphatic hydroxyl groups excluding tert-OH is 1. The predicted molar refractivity (Wildman–Crippen MR) is 91.1 cm³/mol. The maximum absolute atomic E-state index is 10.2. The fourth-order valence-electron chi connectivity index (χ4n) is 3.89. The third-order valence-electron chi connectivity index (χ3n) is 5.25. The summed E-state index contributed by atoms with van der Waals surface area (Å²) < 4.78 is 5.82. The molecule has 1 spiro atoms. The van der Waals surface area contributed by atoms with Crippen molar-refractivity contribution in [2.24, 2.45) is 5.41 Å². The molecule has 4 nitrogen and oxygen atoms in total. The van der Waals surface area contributed by atoms with Crippen LogP contribution in [-0.4, -0.2) is 41.9 Å². The minimum atomic E-state index is -0.177. The van der Waals surface area contributed by atoms with E-state index < -0.39 is 0 Å². The second-order valence-corrected chi connectivity index (χ2v) is 6.45. The summed E-state index contributed by atoms with van der Waals surface area (Å²) in [6, 6.07) is 8.11. The molecule has 1 saturated carbocycles. The summed E-state index contributed by atoms with van der Waals surface area (Å²) in [7, 11) is 0. The lowest BCUT2D eigenvalue weighted by molar-refractivity contribution is -0.209. The first kappa shape index (κ1) is 17.5. The largest absolute Gasteiger partial charge is 0.399 e. The minimum absolute atomic E-state index is 0. The maximum atomic E-state index is 10.2. The Morgan fingerprint density at radius 2 is 2.09 bits per heavy atom. The van der Waals surface area contributed by atoms with Crippen LogP contribution in [0.3, 0.4) is 0 Å². The van der Waals surface area contributed by atoms with Crippen LogP contribution >= 0.6 is 12.4 Å². The number of nitrogens with zero attached hydrogens (tertiary/aromatic N) is 1. The molecule has 1 saturated heterocycles. The zero-order chi connectivity index (χ0) is 14.9. The van der Waals surface area contributed by atoms with E-state index in [9.17, 15) is 5.11 Å². The van der Waals surface area contributed by atoms with E-state index in [1.165, 1.54) is 5.56 Å². The Balaban J connectivity index is 0.00000176. The average Bonchev–Trinajstić information content (AvgIpc) is 2.48. The Morgan fingerprint density at radius 3 is 2.68 bits per heavy atom. The van der Waals surface area contributed by atoms with Crippen LogP contribution in [0, 0.1) is 5.41 Å². The summed E-state index contributed by atoms with van der Waals surface area (Å²) in [4.78, 5) is 2.45. The zero-order valence-corrected chi connectivity index (χ0v) is 14.0. The number of likely N-dealkylation sites (tertiary alicyclic amines) is 1. The molecule has 3 rings (SSSR count). The Bertz CT molecular complexity index is 487. The Labute approximate surface area is 139 Å². The Hall–Kier alpha value is -0.810. The van der Waals surface area contributed by atoms with Crippen LogP contribution in [0.5, 0.6) is 0 Å². The number of rotatable bonds is 4. The number of anilines is 1. The van der Waals surface area contributed by atoms with Gasteiger partial charge in [-0.15, -0.1) is 12.4 Å². The summed E-state index contributed by atoms with van der Waals surface area (Å²) in [6.45, 7) is 5.76. The maximum Gasteiger partial charge on any atom is 0.0681 e. The molecule has 0 bridgehead atoms. The van der Waals surface area contributed by atoms with Gasteiger partial charge in [-0.2, -0.15) is 0 Å². The number of piperidine rings is 1. The van der Waals surface area contributed by atoms with Gasteiger partial charge in [0.25, 0.3) is 0 Å². The van der Waals surface area contributed by atoms with Crippen molar-refractivity contribution < 1.29 is 9.84 Å². The Kier molecular flexibility index (Phi) is 5.72. The highest BCUT2D eigenvalue weighted by atomic mass is 35.5. The van der Waals surface area contributed by atoms with E-state index >= 15 is 0 Å². The topological polar surface area (TPSA) is 58.7 Å². The summed E-state index contributed by atoms with van der Waals surface area (Å²) in [6.07, 6.45) is 2.95. The van der Waals surface area contributed by atoms with Gasteiger partial charge in [-0.25, -0.2) is 0 Å². The molecule has 1 aliphatic heterocycles. The van der Waals surface area contributed by atoms with Gasteiger partial charge in [-0.05, 0) is 50.6 Å². The molecule has 124 valence electrons. The molecule has 0 radical (unpaired) electrons. The van der Waals surface area contributed by atoms with Crippen LogP contribution in [0.15, 0.2) is 24.3 Å². The van der Waals surface area contributed by atoms with Gasteiger partial charge >= 0.3 is 0 Å². The van der Waals surface area contributed by atoms with Crippen LogP contribution in [0.2, 0.25) is 0 Å². The molecule has 1 heterocycles. The van der Waals surface area contributed by atoms with Gasteiger partial charge in [0.1, 0.15) is 0 Å². The van der Waals surface area contributed by atoms with Crippen molar-refractivity contribution in [2.75, 3.05) is 25.4 Å². The first-order valence-electron chi connectivity index (χ1n) is 8.00. The van der Waals surface area contributed by atoms with Gasteiger partial charge in [0.05, 0.1) is 12.2 Å². The fourth-order valence-corrected chi connectivity index (χ4v) is 3.89. The van der Waals surface area contributed by atoms with Gasteiger partial charge in [0.2, 0.25) is 0 Å². The highest BCUT2D eigenvalue weighted by molar-refractivity contribution is 5.85. The molecule has 2 atom stereocenters. The van der Waals surface area contributed by atoms with Crippen molar-refractivity contribution in [1.82, 2.24) is 4.90 Å². The number of halogens is 1. The van der Waals surface area contributed by atoms with Crippen molar-refractivity contribution >= 4 is 18.1 Å². The number of nitrogen functional groups attached to an aromatic ring is 1. The second kappa shape index (κ2) is 7.18. The van der Waals surface area contributed by atoms with Crippen LogP contribution in [-0.2, 0) is 11.3 Å². The SMILES string of the molecule is CCOC1CC(O)C12CCN(Cc1cccc(N)c1)CC2.Cl. The molecule has 1 aliphatic carbocycles. The molecule has 1 aromatic carbocycles. The predicted octanol–water partition coefficient (Wildman–Crippen LogP) is 2.44. The normalized spacial score (nSPS) is 27.2. The molecular formula is C17H27ClN2O2. The summed E-state index contributed by atoms with van der Waals surface area (Å²) in [5.74, 6) is 0. The lowest BCUT2D eigenvalue weighted by Gasteiger charge is -2.56. The number of hydrogen-bond acceptors (Lipinski definition) is 4. The summed E-state index contributed by atoms with van der Waals surface area (Å²) >= 11 is 0. The number of benzene rings is 1. The van der Waals surface area contributed by atoms with Crippen LogP contribution < -0.4 is 5.73 Å². The highest BCUT2D eigenvalue weighted by Gasteiger charge is 2.55. The van der Waals surface area contributed by atoms with Gasteiger partial charge in [-0.3, -0.25) is 4.90 Å². The first-order chi connectivity index (χ1) is 10.1. The number of nitrogens with two attached hydrogens (primary N) is 1. The van der Waals surface area contributed by atoms with E-state index in [1.54, 1.807) is 0 Å². The molecule has 2 unspecified atom stereocenters. The van der Waals surface area contributed by atoms with Crippen LogP contribution in [0.1, 0.15) is 31.7 Å². The summed E-state index contributed by atoms with van der Waals surface area (Å²) in [5.41, 5.74) is 7.95. The minimum Gasteiger partial charge on any atom is -0.399 e. The quantitative estimate of drug-likeness (QED) is 0.834. The number of hydrogen-bond donors (Lipinski definition) is 2. The third kappa shape index (κ3) is 3.25. The van der Waals surface area contributed by atoms with Crippen LogP contribution in [0.25, 0.3) is 0 Å². The lowest BCUT2D eigenvalue weighted by atomic mass is 9.58. The second-order valence-electron chi connectivity index (χ2n) is 6.45. The third-order valence-corrected chi connectivity index (χ3v) is 5.25. The van der Waals surface area contributed by atoms with Gasteiger partial charge in [-0.1, -0.05) is 12.1 Å². The van der Waals surface area contributed by atoms with Crippen molar-refractivity contribution in [3.05, 3.63) is 29.8 Å². The first-order valence-corrected chi connectivity index (χ1v) is 8.00. The smallest absolute Gasteiger partial charge is 0.0681 e. The van der Waals surface area contributed by atoms with E-state index in [0.717, 1.165) is 51.2 Å². The van der Waals surface area contributed by atoms with Crippen molar-refractivity contribution in [3.8, 4) is 0 Å². The van der Waals surface area contributed by atoms with Crippen molar-refractivity contribution in [3.63, 3.8) is 0 Å². The molecule has 22 heavy (non-hydrogen) atoms. The molecule has 5 heteroatoms. The molecule has 1 aromatic rings. The van der Waals surface area contributed by atoms with Crippen LogP contribution in [0.4, 0.5) is 5.69 Å². The molecule has 2 aliphatic rings. The van der Waals surface area contributed by atoms with Gasteiger partial charge in [0.15, 0.2) is 0 Å². The lowest BCUT2D eigenvalue weighted by Crippen LogP contribution is -2.62. The highest BCUT2D eigenvalue weighted by Crippen LogP contribution is 2.51. The molecule has 0 amide bonds.